The summed E-state index contributed by atoms with van der Waals surface area (Å²) >= 11 is 0. The van der Waals surface area contributed by atoms with Crippen molar-refractivity contribution in [1.29, 1.82) is 0 Å². The molecule has 0 aliphatic carbocycles. The number of hydrogen-bond donors (Lipinski definition) is 1. The van der Waals surface area contributed by atoms with E-state index in [0.717, 1.165) is 39.1 Å². The summed E-state index contributed by atoms with van der Waals surface area (Å²) in [6, 6.07) is 14.0. The molecular weight excluding hydrogens is 340 g/mol. The average Bonchev–Trinajstić information content (AvgIpc) is 2.69. The standard InChI is InChI=1S/C21H28N4O2/c1-17(2)27-20-19(9-6-11-22-20)23-21(26)25-15-13-24(14-16-25)12-10-18-7-4-3-5-8-18/h3-9,11,17H,10,12-16H2,1-2H3,(H,23,26). The SMILES string of the molecule is CC(C)Oc1ncccc1NC(=O)N1CCN(CCc2ccccc2)CC1. The molecule has 27 heavy (non-hydrogen) atoms. The largest absolute Gasteiger partial charge is 0.473 e. The second-order valence-electron chi connectivity index (χ2n) is 7.02. The molecule has 0 saturated carbocycles. The molecule has 144 valence electrons. The van der Waals surface area contributed by atoms with Gasteiger partial charge in [0.1, 0.15) is 5.69 Å². The van der Waals surface area contributed by atoms with Crippen LogP contribution in [0.15, 0.2) is 48.7 Å². The van der Waals surface area contributed by atoms with Crippen LogP contribution in [-0.4, -0.2) is 59.6 Å². The number of nitrogens with zero attached hydrogens (tertiary/aromatic N) is 3. The van der Waals surface area contributed by atoms with Crippen LogP contribution in [0.25, 0.3) is 0 Å². The van der Waals surface area contributed by atoms with Crippen LogP contribution in [0.4, 0.5) is 10.5 Å². The van der Waals surface area contributed by atoms with Crippen molar-refractivity contribution < 1.29 is 9.53 Å². The van der Waals surface area contributed by atoms with Gasteiger partial charge in [-0.2, -0.15) is 0 Å². The van der Waals surface area contributed by atoms with E-state index in [9.17, 15) is 4.79 Å². The first-order chi connectivity index (χ1) is 13.1. The van der Waals surface area contributed by atoms with Crippen molar-refractivity contribution in [3.63, 3.8) is 0 Å². The number of aromatic nitrogens is 1. The zero-order valence-corrected chi connectivity index (χ0v) is 16.1. The van der Waals surface area contributed by atoms with Crippen molar-refractivity contribution in [2.24, 2.45) is 0 Å². The molecule has 0 unspecified atom stereocenters. The van der Waals surface area contributed by atoms with Gasteiger partial charge < -0.3 is 15.0 Å². The first-order valence-corrected chi connectivity index (χ1v) is 9.55. The van der Waals surface area contributed by atoms with Gasteiger partial charge in [0.15, 0.2) is 0 Å². The summed E-state index contributed by atoms with van der Waals surface area (Å²) in [7, 11) is 0. The van der Waals surface area contributed by atoms with E-state index < -0.39 is 0 Å². The van der Waals surface area contributed by atoms with Crippen LogP contribution in [-0.2, 0) is 6.42 Å². The minimum Gasteiger partial charge on any atom is -0.473 e. The molecule has 1 N–H and O–H groups in total. The third-order valence-electron chi connectivity index (χ3n) is 4.58. The van der Waals surface area contributed by atoms with E-state index in [2.05, 4.69) is 39.5 Å². The van der Waals surface area contributed by atoms with Crippen molar-refractivity contribution in [2.45, 2.75) is 26.4 Å². The van der Waals surface area contributed by atoms with Gasteiger partial charge >= 0.3 is 6.03 Å². The second kappa shape index (κ2) is 9.37. The van der Waals surface area contributed by atoms with Crippen LogP contribution >= 0.6 is 0 Å². The number of carbonyl (C=O) groups is 1. The van der Waals surface area contributed by atoms with Crippen LogP contribution in [0.2, 0.25) is 0 Å². The molecule has 2 heterocycles. The van der Waals surface area contributed by atoms with Crippen LogP contribution in [0.3, 0.4) is 0 Å². The third kappa shape index (κ3) is 5.69. The summed E-state index contributed by atoms with van der Waals surface area (Å²) in [6.45, 7) is 8.13. The van der Waals surface area contributed by atoms with Gasteiger partial charge in [-0.3, -0.25) is 4.90 Å². The van der Waals surface area contributed by atoms with Crippen molar-refractivity contribution in [1.82, 2.24) is 14.8 Å². The van der Waals surface area contributed by atoms with Crippen molar-refractivity contribution in [3.05, 3.63) is 54.2 Å². The molecular formula is C21H28N4O2. The van der Waals surface area contributed by atoms with E-state index >= 15 is 0 Å². The Kier molecular flexibility index (Phi) is 6.65. The Hall–Kier alpha value is -2.60. The summed E-state index contributed by atoms with van der Waals surface area (Å²) in [4.78, 5) is 21.1. The minimum absolute atomic E-state index is 0.00344. The molecule has 1 fully saturated rings. The number of rotatable bonds is 6. The highest BCUT2D eigenvalue weighted by Gasteiger charge is 2.22. The smallest absolute Gasteiger partial charge is 0.322 e. The van der Waals surface area contributed by atoms with Gasteiger partial charge in [0, 0.05) is 38.9 Å². The molecule has 3 rings (SSSR count). The Labute approximate surface area is 161 Å². The number of ether oxygens (including phenoxy) is 1. The van der Waals surface area contributed by atoms with Gasteiger partial charge in [0.25, 0.3) is 0 Å². The van der Waals surface area contributed by atoms with Crippen LogP contribution in [0, 0.1) is 0 Å². The van der Waals surface area contributed by atoms with Crippen LogP contribution in [0.5, 0.6) is 5.88 Å². The molecule has 0 radical (unpaired) electrons. The molecule has 0 spiro atoms. The quantitative estimate of drug-likeness (QED) is 0.850. The lowest BCUT2D eigenvalue weighted by molar-refractivity contribution is 0.148. The van der Waals surface area contributed by atoms with Crippen molar-refractivity contribution in [2.75, 3.05) is 38.0 Å². The Morgan fingerprint density at radius 2 is 1.85 bits per heavy atom. The molecule has 2 amide bonds. The average molecular weight is 368 g/mol. The molecule has 0 bridgehead atoms. The summed E-state index contributed by atoms with van der Waals surface area (Å²) < 4.78 is 5.67. The van der Waals surface area contributed by atoms with Crippen LogP contribution < -0.4 is 10.1 Å². The number of pyridine rings is 1. The fourth-order valence-electron chi connectivity index (χ4n) is 3.10. The number of nitrogens with one attached hydrogen (secondary N) is 1. The van der Waals surface area contributed by atoms with Crippen molar-refractivity contribution in [3.8, 4) is 5.88 Å². The lowest BCUT2D eigenvalue weighted by Gasteiger charge is -2.34. The molecule has 0 atom stereocenters. The maximum Gasteiger partial charge on any atom is 0.322 e. The lowest BCUT2D eigenvalue weighted by Crippen LogP contribution is -2.50. The zero-order chi connectivity index (χ0) is 19.1. The highest BCUT2D eigenvalue weighted by atomic mass is 16.5. The molecule has 1 saturated heterocycles. The first kappa shape index (κ1) is 19.2. The van der Waals surface area contributed by atoms with Crippen LogP contribution in [0.1, 0.15) is 19.4 Å². The Morgan fingerprint density at radius 3 is 2.56 bits per heavy atom. The number of piperazine rings is 1. The van der Waals surface area contributed by atoms with Gasteiger partial charge in [-0.15, -0.1) is 0 Å². The Bertz CT molecular complexity index is 728. The van der Waals surface area contributed by atoms with E-state index in [1.54, 1.807) is 12.3 Å². The topological polar surface area (TPSA) is 57.7 Å². The molecule has 1 aliphatic heterocycles. The maximum atomic E-state index is 12.6. The van der Waals surface area contributed by atoms with E-state index in [1.165, 1.54) is 5.56 Å². The zero-order valence-electron chi connectivity index (χ0n) is 16.1. The lowest BCUT2D eigenvalue weighted by atomic mass is 10.1. The highest BCUT2D eigenvalue weighted by molar-refractivity contribution is 5.90. The Morgan fingerprint density at radius 1 is 1.11 bits per heavy atom. The van der Waals surface area contributed by atoms with Gasteiger partial charge in [-0.1, -0.05) is 30.3 Å². The fourth-order valence-corrected chi connectivity index (χ4v) is 3.10. The predicted molar refractivity (Wildman–Crippen MR) is 107 cm³/mol. The summed E-state index contributed by atoms with van der Waals surface area (Å²) in [5.41, 5.74) is 1.97. The maximum absolute atomic E-state index is 12.6. The van der Waals surface area contributed by atoms with E-state index in [1.807, 2.05) is 30.9 Å². The number of anilines is 1. The number of urea groups is 1. The summed E-state index contributed by atoms with van der Waals surface area (Å²) in [5.74, 6) is 0.461. The molecule has 1 aromatic carbocycles. The summed E-state index contributed by atoms with van der Waals surface area (Å²) in [5, 5.41) is 2.94. The number of amides is 2. The molecule has 1 aliphatic rings. The van der Waals surface area contributed by atoms with Gasteiger partial charge in [0.2, 0.25) is 5.88 Å². The van der Waals surface area contributed by atoms with E-state index in [0.29, 0.717) is 11.6 Å². The monoisotopic (exact) mass is 368 g/mol. The van der Waals surface area contributed by atoms with Gasteiger partial charge in [-0.05, 0) is 38.0 Å². The third-order valence-corrected chi connectivity index (χ3v) is 4.58. The normalized spacial score (nSPS) is 15.0. The van der Waals surface area contributed by atoms with Crippen molar-refractivity contribution >= 4 is 11.7 Å². The fraction of sp³-hybridized carbons (Fsp3) is 0.429. The molecule has 6 heteroatoms. The second-order valence-corrected chi connectivity index (χ2v) is 7.02. The predicted octanol–water partition coefficient (Wildman–Crippen LogP) is 3.26. The number of hydrogen-bond acceptors (Lipinski definition) is 4. The van der Waals surface area contributed by atoms with E-state index in [4.69, 9.17) is 4.74 Å². The first-order valence-electron chi connectivity index (χ1n) is 9.55. The molecule has 1 aromatic heterocycles. The highest BCUT2D eigenvalue weighted by Crippen LogP contribution is 2.22. The molecule has 2 aromatic rings. The van der Waals surface area contributed by atoms with Gasteiger partial charge in [-0.25, -0.2) is 9.78 Å². The Balaban J connectivity index is 1.47. The van der Waals surface area contributed by atoms with Gasteiger partial charge in [0.05, 0.1) is 6.10 Å². The van der Waals surface area contributed by atoms with E-state index in [-0.39, 0.29) is 12.1 Å². The molecule has 6 nitrogen and oxygen atoms in total. The number of carbonyl (C=O) groups excluding carboxylic acids is 1. The number of benzene rings is 1. The summed E-state index contributed by atoms with van der Waals surface area (Å²) in [6.07, 6.45) is 2.71. The minimum atomic E-state index is -0.0979.